The van der Waals surface area contributed by atoms with Gasteiger partial charge in [0.2, 0.25) is 5.91 Å². The largest absolute Gasteiger partial charge is 0.468 e. The van der Waals surface area contributed by atoms with Crippen LogP contribution in [-0.4, -0.2) is 48.1 Å². The first-order valence-corrected chi connectivity index (χ1v) is 17.1. The molecule has 45 heavy (non-hydrogen) atoms. The number of nitrogens with zero attached hydrogens (tertiary/aromatic N) is 2. The molecule has 0 bridgehead atoms. The number of esters is 2. The molecule has 5 aliphatic rings. The van der Waals surface area contributed by atoms with E-state index in [1.165, 1.54) is 19.6 Å². The highest BCUT2D eigenvalue weighted by atomic mass is 16.5. The molecule has 0 aliphatic heterocycles. The highest BCUT2D eigenvalue weighted by Crippen LogP contribution is 2.77. The normalized spacial score (nSPS) is 43.0. The summed E-state index contributed by atoms with van der Waals surface area (Å²) in [6, 6.07) is 0. The lowest BCUT2D eigenvalue weighted by Crippen LogP contribution is -2.68. The fourth-order valence-corrected chi connectivity index (χ4v) is 12.5. The summed E-state index contributed by atoms with van der Waals surface area (Å²) in [5.74, 6) is 1.03. The summed E-state index contributed by atoms with van der Waals surface area (Å²) in [5, 5.41) is 2.99. The second-order valence-corrected chi connectivity index (χ2v) is 16.3. The Labute approximate surface area is 268 Å². The molecule has 246 valence electrons. The number of hydrogen-bond donors (Lipinski definition) is 1. The maximum absolute atomic E-state index is 14.1. The molecule has 1 aromatic heterocycles. The zero-order valence-electron chi connectivity index (χ0n) is 28.5. The smallest absolute Gasteiger partial charge is 0.325 e. The SMILES string of the molecule is C=C(C)[C@@H]1CC[C@]2(C(=O)NCC(=O)OC)CC[C@]3(C)[C@H](CC[C@@H]4[C@@]5(C)Cc6nccnc6[C@@](C)(COC(C)=O)[C@@H]5CC[C@]43C)[C@@H]12. The first kappa shape index (κ1) is 32.2. The number of fused-ring (bicyclic) bond motifs is 8. The fourth-order valence-electron chi connectivity index (χ4n) is 12.5. The Bertz CT molecular complexity index is 1410. The molecule has 0 radical (unpaired) electrons. The molecule has 1 N–H and O–H groups in total. The number of methoxy groups -OCH3 is 1. The van der Waals surface area contributed by atoms with E-state index in [1.807, 2.05) is 0 Å². The average molecular weight is 620 g/mol. The molecular formula is C37H53N3O5. The van der Waals surface area contributed by atoms with Crippen molar-refractivity contribution in [1.82, 2.24) is 15.3 Å². The maximum atomic E-state index is 14.1. The summed E-state index contributed by atoms with van der Waals surface area (Å²) >= 11 is 0. The van der Waals surface area contributed by atoms with Crippen molar-refractivity contribution in [2.24, 2.45) is 51.2 Å². The maximum Gasteiger partial charge on any atom is 0.325 e. The van der Waals surface area contributed by atoms with E-state index in [1.54, 1.807) is 12.4 Å². The number of rotatable bonds is 6. The summed E-state index contributed by atoms with van der Waals surface area (Å²) in [6.07, 6.45) is 12.4. The molecule has 10 atom stereocenters. The summed E-state index contributed by atoms with van der Waals surface area (Å²) < 4.78 is 10.6. The minimum absolute atomic E-state index is 0.0235. The number of carbonyl (C=O) groups is 3. The van der Waals surface area contributed by atoms with Gasteiger partial charge in [-0.3, -0.25) is 24.4 Å². The quantitative estimate of drug-likeness (QED) is 0.308. The number of aromatic nitrogens is 2. The van der Waals surface area contributed by atoms with Gasteiger partial charge in [-0.25, -0.2) is 0 Å². The van der Waals surface area contributed by atoms with Crippen LogP contribution in [0.2, 0.25) is 0 Å². The third-order valence-corrected chi connectivity index (χ3v) is 14.6. The van der Waals surface area contributed by atoms with Crippen molar-refractivity contribution >= 4 is 17.8 Å². The summed E-state index contributed by atoms with van der Waals surface area (Å²) in [5.41, 5.74) is 2.42. The number of nitrogens with one attached hydrogen (secondary N) is 1. The minimum atomic E-state index is -0.478. The van der Waals surface area contributed by atoms with E-state index in [2.05, 4.69) is 46.5 Å². The van der Waals surface area contributed by atoms with Gasteiger partial charge in [-0.15, -0.1) is 0 Å². The van der Waals surface area contributed by atoms with Crippen LogP contribution in [0.5, 0.6) is 0 Å². The van der Waals surface area contributed by atoms with Crippen LogP contribution in [0, 0.1) is 51.2 Å². The number of carbonyl (C=O) groups excluding carboxylic acids is 3. The number of allylic oxidation sites excluding steroid dienone is 1. The zero-order valence-corrected chi connectivity index (χ0v) is 28.5. The van der Waals surface area contributed by atoms with Crippen LogP contribution in [-0.2, 0) is 35.7 Å². The Balaban J connectivity index is 1.38. The van der Waals surface area contributed by atoms with Gasteiger partial charge in [-0.2, -0.15) is 0 Å². The van der Waals surface area contributed by atoms with E-state index in [0.29, 0.717) is 30.3 Å². The second-order valence-electron chi connectivity index (χ2n) is 16.3. The fraction of sp³-hybridized carbons (Fsp3) is 0.757. The molecule has 4 fully saturated rings. The van der Waals surface area contributed by atoms with E-state index in [9.17, 15) is 14.4 Å². The third-order valence-electron chi connectivity index (χ3n) is 14.6. The van der Waals surface area contributed by atoms with Gasteiger partial charge in [0, 0.05) is 24.7 Å². The molecule has 0 aromatic carbocycles. The lowest BCUT2D eigenvalue weighted by molar-refractivity contribution is -0.228. The highest BCUT2D eigenvalue weighted by Gasteiger charge is 2.72. The van der Waals surface area contributed by atoms with Crippen LogP contribution in [0.3, 0.4) is 0 Å². The van der Waals surface area contributed by atoms with Crippen LogP contribution < -0.4 is 5.32 Å². The average Bonchev–Trinajstić information content (AvgIpc) is 3.40. The monoisotopic (exact) mass is 619 g/mol. The number of hydrogen-bond acceptors (Lipinski definition) is 7. The van der Waals surface area contributed by atoms with Crippen molar-refractivity contribution in [3.63, 3.8) is 0 Å². The Morgan fingerprint density at radius 3 is 2.36 bits per heavy atom. The first-order valence-electron chi connectivity index (χ1n) is 17.1. The van der Waals surface area contributed by atoms with Gasteiger partial charge in [0.1, 0.15) is 13.2 Å². The summed E-state index contributed by atoms with van der Waals surface area (Å²) in [4.78, 5) is 47.9. The van der Waals surface area contributed by atoms with Crippen LogP contribution >= 0.6 is 0 Å². The van der Waals surface area contributed by atoms with E-state index >= 15 is 0 Å². The lowest BCUT2D eigenvalue weighted by atomic mass is 9.32. The van der Waals surface area contributed by atoms with Crippen molar-refractivity contribution < 1.29 is 23.9 Å². The van der Waals surface area contributed by atoms with Gasteiger partial charge in [0.15, 0.2) is 0 Å². The van der Waals surface area contributed by atoms with Crippen LogP contribution in [0.1, 0.15) is 104 Å². The molecule has 1 aromatic rings. The molecular weight excluding hydrogens is 566 g/mol. The van der Waals surface area contributed by atoms with Gasteiger partial charge < -0.3 is 14.8 Å². The van der Waals surface area contributed by atoms with Gasteiger partial charge in [0.25, 0.3) is 0 Å². The van der Waals surface area contributed by atoms with Crippen molar-refractivity contribution in [2.75, 3.05) is 20.3 Å². The van der Waals surface area contributed by atoms with Crippen molar-refractivity contribution in [2.45, 2.75) is 105 Å². The van der Waals surface area contributed by atoms with Gasteiger partial charge in [-0.05, 0) is 111 Å². The van der Waals surface area contributed by atoms with Crippen molar-refractivity contribution in [1.29, 1.82) is 0 Å². The van der Waals surface area contributed by atoms with Crippen molar-refractivity contribution in [3.05, 3.63) is 35.9 Å². The van der Waals surface area contributed by atoms with E-state index in [-0.39, 0.29) is 40.6 Å². The molecule has 1 amide bonds. The zero-order chi connectivity index (χ0) is 32.6. The van der Waals surface area contributed by atoms with Crippen molar-refractivity contribution in [3.8, 4) is 0 Å². The molecule has 4 saturated carbocycles. The second kappa shape index (κ2) is 10.9. The first-order chi connectivity index (χ1) is 21.2. The third kappa shape index (κ3) is 4.46. The van der Waals surface area contributed by atoms with Crippen LogP contribution in [0.15, 0.2) is 24.5 Å². The topological polar surface area (TPSA) is 107 Å². The molecule has 0 unspecified atom stereocenters. The molecule has 8 nitrogen and oxygen atoms in total. The molecule has 5 aliphatic carbocycles. The van der Waals surface area contributed by atoms with Crippen LogP contribution in [0.4, 0.5) is 0 Å². The Morgan fingerprint density at radius 2 is 1.67 bits per heavy atom. The van der Waals surface area contributed by atoms with E-state index in [0.717, 1.165) is 69.2 Å². The van der Waals surface area contributed by atoms with Gasteiger partial charge in [0.05, 0.1) is 23.9 Å². The Morgan fingerprint density at radius 1 is 0.933 bits per heavy atom. The predicted octanol–water partition coefficient (Wildman–Crippen LogP) is 5.98. The molecule has 6 rings (SSSR count). The van der Waals surface area contributed by atoms with Gasteiger partial charge >= 0.3 is 11.9 Å². The van der Waals surface area contributed by atoms with E-state index in [4.69, 9.17) is 19.4 Å². The molecule has 0 spiro atoms. The molecule has 1 heterocycles. The van der Waals surface area contributed by atoms with E-state index < -0.39 is 16.8 Å². The molecule has 8 heteroatoms. The molecule has 0 saturated heterocycles. The van der Waals surface area contributed by atoms with Gasteiger partial charge in [-0.1, -0.05) is 39.8 Å². The minimum Gasteiger partial charge on any atom is -0.468 e. The Kier molecular flexibility index (Phi) is 7.80. The number of ether oxygens (including phenoxy) is 2. The Hall–Kier alpha value is -2.77. The highest BCUT2D eigenvalue weighted by molar-refractivity contribution is 5.87. The summed E-state index contributed by atoms with van der Waals surface area (Å²) in [7, 11) is 1.36. The lowest BCUT2D eigenvalue weighted by Gasteiger charge is -2.72. The number of amides is 1. The standard InChI is InChI=1S/C37H53N3O5/c1-22(2)24-11-14-37(32(43)40-20-29(42)44-8)16-15-35(6)25(30(24)37)9-10-28-33(4)19-26-31(39-18-17-38-26)34(5,21-45-23(3)41)27(33)12-13-36(28,35)7/h17-18,24-25,27-28,30H,1,9-16,19-21H2,2-8H3,(H,40,43)/t24-,25+,27+,28+,30+,33-,34-,35+,36+,37-/m0/s1. The van der Waals surface area contributed by atoms with Crippen LogP contribution in [0.25, 0.3) is 0 Å². The predicted molar refractivity (Wildman–Crippen MR) is 171 cm³/mol. The summed E-state index contributed by atoms with van der Waals surface area (Å²) in [6.45, 7) is 18.2.